The van der Waals surface area contributed by atoms with Crippen LogP contribution in [0.5, 0.6) is 11.5 Å². The molecule has 0 saturated carbocycles. The van der Waals surface area contributed by atoms with Crippen LogP contribution in [0, 0.1) is 0 Å². The van der Waals surface area contributed by atoms with E-state index in [0.29, 0.717) is 11.5 Å². The lowest BCUT2D eigenvalue weighted by molar-refractivity contribution is -0.930. The van der Waals surface area contributed by atoms with Crippen molar-refractivity contribution < 1.29 is 31.9 Å². The van der Waals surface area contributed by atoms with Gasteiger partial charge in [-0.15, -0.1) is 0 Å². The van der Waals surface area contributed by atoms with Crippen LogP contribution >= 0.6 is 22.7 Å². The van der Waals surface area contributed by atoms with E-state index in [2.05, 4.69) is 40.6 Å². The third kappa shape index (κ3) is 5.21. The van der Waals surface area contributed by atoms with Gasteiger partial charge in [0.15, 0.2) is 11.5 Å². The van der Waals surface area contributed by atoms with Crippen LogP contribution in [0.2, 0.25) is 0 Å². The van der Waals surface area contributed by atoms with Gasteiger partial charge in [-0.3, -0.25) is 0 Å². The first kappa shape index (κ1) is 24.8. The average Bonchev–Trinajstić information content (AvgIpc) is 3.53. The molecule has 7 heteroatoms. The van der Waals surface area contributed by atoms with Gasteiger partial charge in [0.2, 0.25) is 0 Å². The summed E-state index contributed by atoms with van der Waals surface area (Å²) in [5.74, 6) is 1.34. The fourth-order valence-corrected chi connectivity index (χ4v) is 5.81. The summed E-state index contributed by atoms with van der Waals surface area (Å²) in [5.41, 5.74) is 6.49. The number of aliphatic hydroxyl groups is 1. The van der Waals surface area contributed by atoms with Crippen molar-refractivity contribution in [3.8, 4) is 11.5 Å². The maximum Gasteiger partial charge on any atom is 0.161 e. The molecule has 1 aromatic carbocycles. The van der Waals surface area contributed by atoms with Crippen molar-refractivity contribution in [2.45, 2.75) is 31.9 Å². The molecule has 0 bridgehead atoms. The summed E-state index contributed by atoms with van der Waals surface area (Å²) in [7, 11) is 3.25. The van der Waals surface area contributed by atoms with Crippen molar-refractivity contribution in [3.63, 3.8) is 0 Å². The number of piperidine rings is 1. The number of hydrogen-bond donors (Lipinski definition) is 2. The van der Waals surface area contributed by atoms with Crippen LogP contribution in [0.4, 0.5) is 0 Å². The van der Waals surface area contributed by atoms with E-state index in [1.54, 1.807) is 36.9 Å². The van der Waals surface area contributed by atoms with Crippen molar-refractivity contribution >= 4 is 28.2 Å². The highest BCUT2D eigenvalue weighted by Crippen LogP contribution is 2.34. The number of aliphatic hydroxyl groups excluding tert-OH is 1. The minimum atomic E-state index is -0.548. The van der Waals surface area contributed by atoms with Crippen LogP contribution in [0.15, 0.2) is 57.4 Å². The first-order chi connectivity index (χ1) is 15.1. The molecule has 32 heavy (non-hydrogen) atoms. The van der Waals surface area contributed by atoms with E-state index in [9.17, 15) is 5.11 Å². The molecular weight excluding hydrogens is 462 g/mol. The molecule has 2 atom stereocenters. The number of quaternary nitrogens is 1. The quantitative estimate of drug-likeness (QED) is 0.525. The SMILES string of the molecule is COc1ccc(C(O)C(C)[NH+]2CCC(=C(c3ccsc3)c3ccsc3)CC2)cc1OC.[Cl-]. The molecule has 4 nitrogen and oxygen atoms in total. The van der Waals surface area contributed by atoms with E-state index in [1.165, 1.54) is 27.2 Å². The number of methoxy groups -OCH3 is 2. The standard InChI is InChI=1S/C25H29NO3S2.ClH/c1-17(25(27)19-4-5-22(28-2)23(14-19)29-3)26-10-6-18(7-11-26)24(20-8-12-30-15-20)21-9-13-31-16-21;/h4-5,8-9,12-17,25,27H,6-7,10-11H2,1-3H3;1H. The first-order valence-corrected chi connectivity index (χ1v) is 12.5. The molecule has 0 aliphatic carbocycles. The number of likely N-dealkylation sites (tertiary alicyclic amines) is 1. The molecule has 4 rings (SSSR count). The van der Waals surface area contributed by atoms with Crippen molar-refractivity contribution in [2.75, 3.05) is 27.3 Å². The number of thiophene rings is 2. The summed E-state index contributed by atoms with van der Waals surface area (Å²) in [6.45, 7) is 4.20. The van der Waals surface area contributed by atoms with Crippen LogP contribution < -0.4 is 26.8 Å². The van der Waals surface area contributed by atoms with Gasteiger partial charge in [-0.25, -0.2) is 0 Å². The van der Waals surface area contributed by atoms with E-state index in [-0.39, 0.29) is 18.4 Å². The minimum Gasteiger partial charge on any atom is -1.00 e. The molecule has 172 valence electrons. The van der Waals surface area contributed by atoms with Gasteiger partial charge >= 0.3 is 0 Å². The van der Waals surface area contributed by atoms with Crippen LogP contribution in [0.25, 0.3) is 5.57 Å². The monoisotopic (exact) mass is 491 g/mol. The Morgan fingerprint density at radius 2 is 1.53 bits per heavy atom. The molecule has 0 spiro atoms. The third-order valence-corrected chi connectivity index (χ3v) is 7.70. The summed E-state index contributed by atoms with van der Waals surface area (Å²) in [5, 5.41) is 19.9. The Labute approximate surface area is 204 Å². The smallest absolute Gasteiger partial charge is 0.161 e. The molecule has 3 heterocycles. The molecule has 0 amide bonds. The fourth-order valence-electron chi connectivity index (χ4n) is 4.52. The highest BCUT2D eigenvalue weighted by molar-refractivity contribution is 7.08. The van der Waals surface area contributed by atoms with Crippen LogP contribution in [0.1, 0.15) is 42.6 Å². The Morgan fingerprint density at radius 3 is 2.03 bits per heavy atom. The van der Waals surface area contributed by atoms with Crippen molar-refractivity contribution in [1.29, 1.82) is 0 Å². The van der Waals surface area contributed by atoms with Crippen LogP contribution in [0.3, 0.4) is 0 Å². The predicted octanol–water partition coefficient (Wildman–Crippen LogP) is 1.43. The predicted molar refractivity (Wildman–Crippen MR) is 129 cm³/mol. The second-order valence-electron chi connectivity index (χ2n) is 8.01. The Kier molecular flexibility index (Phi) is 8.79. The second kappa shape index (κ2) is 11.3. The van der Waals surface area contributed by atoms with Crippen molar-refractivity contribution in [3.05, 3.63) is 74.1 Å². The lowest BCUT2D eigenvalue weighted by Crippen LogP contribution is -3.16. The Hall–Kier alpha value is -1.83. The zero-order chi connectivity index (χ0) is 21.8. The summed E-state index contributed by atoms with van der Waals surface area (Å²) in [6, 6.07) is 10.2. The number of ether oxygens (including phenoxy) is 2. The normalized spacial score (nSPS) is 17.9. The maximum absolute atomic E-state index is 11.1. The number of halogens is 1. The fraction of sp³-hybridized carbons (Fsp3) is 0.360. The number of hydrogen-bond acceptors (Lipinski definition) is 5. The van der Waals surface area contributed by atoms with Gasteiger partial charge < -0.3 is 31.9 Å². The highest BCUT2D eigenvalue weighted by Gasteiger charge is 2.31. The Morgan fingerprint density at radius 1 is 0.938 bits per heavy atom. The number of benzene rings is 1. The van der Waals surface area contributed by atoms with Gasteiger partial charge in [-0.1, -0.05) is 11.6 Å². The Balaban J connectivity index is 0.00000289. The maximum atomic E-state index is 11.1. The van der Waals surface area contributed by atoms with Gasteiger partial charge in [0.1, 0.15) is 12.1 Å². The van der Waals surface area contributed by atoms with Gasteiger partial charge in [0.25, 0.3) is 0 Å². The van der Waals surface area contributed by atoms with Crippen LogP contribution in [-0.4, -0.2) is 38.5 Å². The zero-order valence-electron chi connectivity index (χ0n) is 18.6. The molecule has 2 N–H and O–H groups in total. The van der Waals surface area contributed by atoms with E-state index in [0.717, 1.165) is 31.5 Å². The molecule has 3 aromatic rings. The molecular formula is C25H30ClNO3S2. The summed E-state index contributed by atoms with van der Waals surface area (Å²) >= 11 is 3.51. The number of rotatable bonds is 7. The largest absolute Gasteiger partial charge is 1.00 e. The lowest BCUT2D eigenvalue weighted by Gasteiger charge is -2.34. The van der Waals surface area contributed by atoms with Crippen LogP contribution in [-0.2, 0) is 0 Å². The van der Waals surface area contributed by atoms with Gasteiger partial charge in [0, 0.05) is 12.8 Å². The van der Waals surface area contributed by atoms with E-state index < -0.39 is 6.10 Å². The van der Waals surface area contributed by atoms with E-state index >= 15 is 0 Å². The molecule has 2 aromatic heterocycles. The average molecular weight is 492 g/mol. The minimum absolute atomic E-state index is 0. The topological polar surface area (TPSA) is 43.1 Å². The Bertz CT molecular complexity index is 972. The summed E-state index contributed by atoms with van der Waals surface area (Å²) in [4.78, 5) is 1.45. The zero-order valence-corrected chi connectivity index (χ0v) is 21.0. The van der Waals surface area contributed by atoms with E-state index in [4.69, 9.17) is 9.47 Å². The third-order valence-electron chi connectivity index (χ3n) is 6.34. The summed E-state index contributed by atoms with van der Waals surface area (Å²) < 4.78 is 10.7. The van der Waals surface area contributed by atoms with Gasteiger partial charge in [-0.2, -0.15) is 22.7 Å². The first-order valence-electron chi connectivity index (χ1n) is 10.6. The van der Waals surface area contributed by atoms with Gasteiger partial charge in [-0.05, 0) is 75.0 Å². The molecule has 1 fully saturated rings. The second-order valence-corrected chi connectivity index (χ2v) is 9.57. The van der Waals surface area contributed by atoms with Crippen molar-refractivity contribution in [2.24, 2.45) is 0 Å². The molecule has 2 unspecified atom stereocenters. The molecule has 0 radical (unpaired) electrons. The van der Waals surface area contributed by atoms with E-state index in [1.807, 2.05) is 18.2 Å². The molecule has 1 aliphatic heterocycles. The molecule has 1 saturated heterocycles. The summed E-state index contributed by atoms with van der Waals surface area (Å²) in [6.07, 6.45) is 1.56. The van der Waals surface area contributed by atoms with Crippen molar-refractivity contribution in [1.82, 2.24) is 0 Å². The molecule has 1 aliphatic rings. The highest BCUT2D eigenvalue weighted by atomic mass is 35.5. The van der Waals surface area contributed by atoms with Gasteiger partial charge in [0.05, 0.1) is 27.3 Å². The number of nitrogens with one attached hydrogen (secondary N) is 1. The lowest BCUT2D eigenvalue weighted by atomic mass is 9.90.